The fraction of sp³-hybridized carbons (Fsp3) is 0.160. The van der Waals surface area contributed by atoms with E-state index in [1.54, 1.807) is 32.4 Å². The van der Waals surface area contributed by atoms with Crippen LogP contribution in [0.1, 0.15) is 22.9 Å². The fourth-order valence-corrected chi connectivity index (χ4v) is 3.61. The van der Waals surface area contributed by atoms with Crippen molar-refractivity contribution in [2.24, 2.45) is 0 Å². The number of ether oxygens (including phenoxy) is 2. The highest BCUT2D eigenvalue weighted by atomic mass is 19.1. The molecule has 158 valence electrons. The number of halogens is 1. The van der Waals surface area contributed by atoms with Crippen molar-refractivity contribution in [3.63, 3.8) is 0 Å². The molecule has 0 amide bonds. The minimum Gasteiger partial charge on any atom is -0.505 e. The van der Waals surface area contributed by atoms with Crippen LogP contribution in [0.4, 0.5) is 10.1 Å². The van der Waals surface area contributed by atoms with Crippen molar-refractivity contribution in [3.05, 3.63) is 89.4 Å². The van der Waals surface area contributed by atoms with E-state index in [1.807, 2.05) is 43.3 Å². The number of anilines is 1. The smallest absolute Gasteiger partial charge is 0.162 e. The first kappa shape index (κ1) is 20.5. The summed E-state index contributed by atoms with van der Waals surface area (Å²) in [5.74, 6) is 0.946. The number of rotatable bonds is 6. The molecule has 31 heavy (non-hydrogen) atoms. The van der Waals surface area contributed by atoms with Crippen LogP contribution in [0.5, 0.6) is 17.2 Å². The Bertz CT molecular complexity index is 1230. The molecule has 3 aromatic carbocycles. The first-order valence-electron chi connectivity index (χ1n) is 9.83. The summed E-state index contributed by atoms with van der Waals surface area (Å²) in [4.78, 5) is 4.51. The summed E-state index contributed by atoms with van der Waals surface area (Å²) in [7, 11) is 3.15. The lowest BCUT2D eigenvalue weighted by atomic mass is 9.95. The molecule has 0 saturated heterocycles. The van der Waals surface area contributed by atoms with Gasteiger partial charge in [0.1, 0.15) is 17.1 Å². The Morgan fingerprint density at radius 1 is 0.903 bits per heavy atom. The van der Waals surface area contributed by atoms with Gasteiger partial charge in [0.25, 0.3) is 0 Å². The molecule has 0 aliphatic heterocycles. The molecule has 0 radical (unpaired) electrons. The zero-order valence-corrected chi connectivity index (χ0v) is 17.5. The normalized spacial score (nSPS) is 11.9. The van der Waals surface area contributed by atoms with E-state index >= 15 is 0 Å². The van der Waals surface area contributed by atoms with E-state index in [0.29, 0.717) is 22.6 Å². The second-order valence-electron chi connectivity index (χ2n) is 7.23. The molecule has 2 N–H and O–H groups in total. The largest absolute Gasteiger partial charge is 0.505 e. The molecule has 0 bridgehead atoms. The molecule has 4 rings (SSSR count). The van der Waals surface area contributed by atoms with Crippen molar-refractivity contribution >= 4 is 16.6 Å². The van der Waals surface area contributed by atoms with Crippen LogP contribution in [0, 0.1) is 12.7 Å². The lowest BCUT2D eigenvalue weighted by Gasteiger charge is -2.23. The quantitative estimate of drug-likeness (QED) is 0.426. The van der Waals surface area contributed by atoms with Crippen LogP contribution in [0.2, 0.25) is 0 Å². The average molecular weight is 418 g/mol. The van der Waals surface area contributed by atoms with Gasteiger partial charge >= 0.3 is 0 Å². The number of hydrogen-bond acceptors (Lipinski definition) is 5. The molecule has 1 atom stereocenters. The lowest BCUT2D eigenvalue weighted by Crippen LogP contribution is -2.13. The Morgan fingerprint density at radius 3 is 2.32 bits per heavy atom. The van der Waals surface area contributed by atoms with E-state index in [4.69, 9.17) is 9.47 Å². The summed E-state index contributed by atoms with van der Waals surface area (Å²) in [6.45, 7) is 1.88. The molecule has 6 heteroatoms. The molecule has 0 saturated carbocycles. The number of methoxy groups -OCH3 is 2. The molecule has 0 aliphatic carbocycles. The van der Waals surface area contributed by atoms with Crippen molar-refractivity contribution in [1.29, 1.82) is 0 Å². The van der Waals surface area contributed by atoms with Gasteiger partial charge in [-0.05, 0) is 42.8 Å². The van der Waals surface area contributed by atoms with E-state index in [1.165, 1.54) is 12.1 Å². The number of phenolic OH excluding ortho intramolecular Hbond substituents is 1. The number of aromatic nitrogens is 1. The maximum absolute atomic E-state index is 13.6. The number of nitrogens with one attached hydrogen (secondary N) is 1. The van der Waals surface area contributed by atoms with Gasteiger partial charge in [-0.15, -0.1) is 0 Å². The zero-order valence-electron chi connectivity index (χ0n) is 17.5. The highest BCUT2D eigenvalue weighted by Crippen LogP contribution is 2.38. The Hall–Kier alpha value is -3.80. The van der Waals surface area contributed by atoms with Crippen LogP contribution in [0.3, 0.4) is 0 Å². The Labute approximate surface area is 180 Å². The maximum atomic E-state index is 13.6. The summed E-state index contributed by atoms with van der Waals surface area (Å²) < 4.78 is 24.3. The minimum atomic E-state index is -0.453. The highest BCUT2D eigenvalue weighted by Gasteiger charge is 2.21. The molecule has 0 fully saturated rings. The van der Waals surface area contributed by atoms with Crippen molar-refractivity contribution in [2.45, 2.75) is 13.0 Å². The predicted octanol–water partition coefficient (Wildman–Crippen LogP) is 5.61. The first-order valence-corrected chi connectivity index (χ1v) is 9.83. The Balaban J connectivity index is 1.83. The predicted molar refractivity (Wildman–Crippen MR) is 120 cm³/mol. The molecule has 0 aliphatic rings. The average Bonchev–Trinajstić information content (AvgIpc) is 2.79. The molecule has 1 unspecified atom stereocenters. The Morgan fingerprint density at radius 2 is 1.61 bits per heavy atom. The topological polar surface area (TPSA) is 63.6 Å². The highest BCUT2D eigenvalue weighted by molar-refractivity contribution is 5.86. The summed E-state index contributed by atoms with van der Waals surface area (Å²) in [5, 5.41) is 15.4. The fourth-order valence-electron chi connectivity index (χ4n) is 3.61. The van der Waals surface area contributed by atoms with Crippen molar-refractivity contribution in [3.8, 4) is 17.2 Å². The number of nitrogens with zero attached hydrogens (tertiary/aromatic N) is 1. The summed E-state index contributed by atoms with van der Waals surface area (Å²) >= 11 is 0. The van der Waals surface area contributed by atoms with Gasteiger partial charge < -0.3 is 19.9 Å². The third kappa shape index (κ3) is 4.10. The maximum Gasteiger partial charge on any atom is 0.162 e. The van der Waals surface area contributed by atoms with Gasteiger partial charge in [-0.3, -0.25) is 0 Å². The van der Waals surface area contributed by atoms with Gasteiger partial charge in [0.15, 0.2) is 11.5 Å². The van der Waals surface area contributed by atoms with Crippen LogP contribution in [-0.2, 0) is 0 Å². The van der Waals surface area contributed by atoms with Gasteiger partial charge in [0, 0.05) is 28.4 Å². The number of aryl methyl sites for hydroxylation is 1. The van der Waals surface area contributed by atoms with Crippen molar-refractivity contribution in [1.82, 2.24) is 4.98 Å². The van der Waals surface area contributed by atoms with Gasteiger partial charge in [0.2, 0.25) is 0 Å². The second-order valence-corrected chi connectivity index (χ2v) is 7.23. The molecule has 1 aromatic heterocycles. The molecule has 5 nitrogen and oxygen atoms in total. The number of benzene rings is 3. The van der Waals surface area contributed by atoms with Gasteiger partial charge in [-0.25, -0.2) is 9.37 Å². The van der Waals surface area contributed by atoms with E-state index in [2.05, 4.69) is 10.3 Å². The SMILES string of the molecule is COc1ccc(NC(c2ccc(F)cc2)c2ccc3ccc(C)nc3c2O)cc1OC. The van der Waals surface area contributed by atoms with Crippen LogP contribution < -0.4 is 14.8 Å². The number of phenols is 1. The molecular formula is C25H23FN2O3. The third-order valence-corrected chi connectivity index (χ3v) is 5.21. The molecule has 1 heterocycles. The van der Waals surface area contributed by atoms with E-state index in [0.717, 1.165) is 22.3 Å². The summed E-state index contributed by atoms with van der Waals surface area (Å²) in [6, 6.07) is 18.8. The van der Waals surface area contributed by atoms with Crippen LogP contribution >= 0.6 is 0 Å². The molecule has 4 aromatic rings. The third-order valence-electron chi connectivity index (χ3n) is 5.21. The lowest BCUT2D eigenvalue weighted by molar-refractivity contribution is 0.355. The zero-order chi connectivity index (χ0) is 22.0. The summed E-state index contributed by atoms with van der Waals surface area (Å²) in [6.07, 6.45) is 0. The van der Waals surface area contributed by atoms with Gasteiger partial charge in [-0.2, -0.15) is 0 Å². The van der Waals surface area contributed by atoms with E-state index in [9.17, 15) is 9.50 Å². The van der Waals surface area contributed by atoms with Crippen molar-refractivity contribution < 1.29 is 19.0 Å². The van der Waals surface area contributed by atoms with Crippen molar-refractivity contribution in [2.75, 3.05) is 19.5 Å². The summed E-state index contributed by atoms with van der Waals surface area (Å²) in [5.41, 5.74) is 3.51. The van der Waals surface area contributed by atoms with Crippen LogP contribution in [-0.4, -0.2) is 24.3 Å². The standard InChI is InChI=1S/C25H23FN2O3/c1-15-4-5-17-8-12-20(25(29)24(17)27-15)23(16-6-9-18(26)10-7-16)28-19-11-13-21(30-2)22(14-19)31-3/h4-14,23,28-29H,1-3H3. The second kappa shape index (κ2) is 8.52. The number of fused-ring (bicyclic) bond motifs is 1. The van der Waals surface area contributed by atoms with Crippen LogP contribution in [0.25, 0.3) is 10.9 Å². The van der Waals surface area contributed by atoms with E-state index in [-0.39, 0.29) is 11.6 Å². The van der Waals surface area contributed by atoms with Gasteiger partial charge in [-0.1, -0.05) is 30.3 Å². The molecular weight excluding hydrogens is 395 g/mol. The van der Waals surface area contributed by atoms with Gasteiger partial charge in [0.05, 0.1) is 20.3 Å². The Kier molecular flexibility index (Phi) is 5.62. The molecule has 0 spiro atoms. The van der Waals surface area contributed by atoms with Crippen LogP contribution in [0.15, 0.2) is 66.7 Å². The first-order chi connectivity index (χ1) is 15.0. The monoisotopic (exact) mass is 418 g/mol. The number of aromatic hydroxyl groups is 1. The minimum absolute atomic E-state index is 0.0866. The number of hydrogen-bond donors (Lipinski definition) is 2. The number of pyridine rings is 1. The van der Waals surface area contributed by atoms with E-state index < -0.39 is 6.04 Å².